The molecular weight excluding hydrogens is 371 g/mol. The average Bonchev–Trinajstić information content (AvgIpc) is 0. The first-order chi connectivity index (χ1) is 0. The summed E-state index contributed by atoms with van der Waals surface area (Å²) in [6.45, 7) is 0. The predicted molar refractivity (Wildman–Crippen MR) is 29.5 cm³/mol. The minimum absolute atomic E-state index is 0. The first-order valence-corrected chi connectivity index (χ1v) is 0. The Morgan fingerprint density at radius 1 is 0.500 bits per heavy atom. The van der Waals surface area contributed by atoms with Crippen LogP contribution in [-0.4, -0.2) is 0 Å². The minimum atomic E-state index is 0. The Hall–Kier alpha value is 2.58. The van der Waals surface area contributed by atoms with Gasteiger partial charge >= 0.3 is 37.6 Å². The molecule has 0 unspecified atom stereocenters. The predicted octanol–water partition coefficient (Wildman–Crippen LogP) is -0.0146. The van der Waals surface area contributed by atoms with E-state index in [0.717, 1.165) is 0 Å². The molecule has 0 aromatic carbocycles. The van der Waals surface area contributed by atoms with Gasteiger partial charge in [0.05, 0.1) is 0 Å². The van der Waals surface area contributed by atoms with Crippen LogP contribution >= 0.6 is 0 Å². The third-order valence-electron chi connectivity index (χ3n) is 0. The van der Waals surface area contributed by atoms with Crippen LogP contribution < -0.4 is 0 Å². The van der Waals surface area contributed by atoms with E-state index in [-0.39, 0.29) is 91.5 Å². The van der Waals surface area contributed by atoms with Crippen LogP contribution in [0.4, 0.5) is 0 Å². The minimum Gasteiger partial charge on any atom is -2.00 e. The summed E-state index contributed by atoms with van der Waals surface area (Å²) in [6.07, 6.45) is 0. The van der Waals surface area contributed by atoms with Crippen LogP contribution in [0.5, 0.6) is 0 Å². The van der Waals surface area contributed by atoms with Gasteiger partial charge in [-0.3, -0.25) is 0 Å². The summed E-state index contributed by atoms with van der Waals surface area (Å²) in [7, 11) is 0. The van der Waals surface area contributed by atoms with Crippen molar-refractivity contribution in [3.63, 3.8) is 0 Å². The van der Waals surface area contributed by atoms with Crippen LogP contribution in [0.3, 0.4) is 0 Å². The Bertz CT molecular complexity index is 7.51. The molecule has 0 rings (SSSR count). The Morgan fingerprint density at radius 2 is 0.500 bits per heavy atom. The molecule has 0 bridgehead atoms. The molecule has 0 heterocycles. The van der Waals surface area contributed by atoms with E-state index in [1.165, 1.54) is 0 Å². The quantitative estimate of drug-likeness (QED) is 0.526. The third kappa shape index (κ3) is 30.8. The van der Waals surface area contributed by atoms with Crippen molar-refractivity contribution in [2.24, 2.45) is 0 Å². The summed E-state index contributed by atoms with van der Waals surface area (Å²) in [5.41, 5.74) is 0. The summed E-state index contributed by atoms with van der Waals surface area (Å²) in [5, 5.41) is 0. The standard InChI is InChI=1S/Ni.4S.W/q+2;4*-2;+6. The summed E-state index contributed by atoms with van der Waals surface area (Å²) < 4.78 is 0. The van der Waals surface area contributed by atoms with Crippen molar-refractivity contribution in [1.29, 1.82) is 0 Å². The van der Waals surface area contributed by atoms with Gasteiger partial charge in [-0.25, -0.2) is 0 Å². The van der Waals surface area contributed by atoms with Gasteiger partial charge in [0.15, 0.2) is 0 Å². The van der Waals surface area contributed by atoms with Gasteiger partial charge in [0.25, 0.3) is 0 Å². The molecule has 0 saturated carbocycles. The molecule has 0 aromatic rings. The van der Waals surface area contributed by atoms with Crippen LogP contribution in [0.2, 0.25) is 0 Å². The molecule has 0 aliphatic heterocycles. The Balaban J connectivity index is 0. The largest absolute Gasteiger partial charge is 6.00 e. The zero-order valence-electron chi connectivity index (χ0n) is 2.36. The van der Waals surface area contributed by atoms with Gasteiger partial charge in [-0.2, -0.15) is 0 Å². The summed E-state index contributed by atoms with van der Waals surface area (Å²) in [6, 6.07) is 0. The molecule has 0 amide bonds. The summed E-state index contributed by atoms with van der Waals surface area (Å²) >= 11 is 0. The zero-order chi connectivity index (χ0) is 0. The molecule has 40 valence electrons. The molecular formula is NiS4W. The van der Waals surface area contributed by atoms with Crippen LogP contribution in [0.25, 0.3) is 0 Å². The second kappa shape index (κ2) is 49.3. The second-order valence-corrected chi connectivity index (χ2v) is 0. The van der Waals surface area contributed by atoms with Crippen LogP contribution in [0, 0.1) is 0 Å². The fourth-order valence-electron chi connectivity index (χ4n) is 0. The maximum atomic E-state index is 0. The molecule has 6 heavy (non-hydrogen) atoms. The number of rotatable bonds is 0. The Labute approximate surface area is 90.6 Å². The van der Waals surface area contributed by atoms with E-state index in [2.05, 4.69) is 0 Å². The average molecular weight is 371 g/mol. The Morgan fingerprint density at radius 3 is 0.500 bits per heavy atom. The van der Waals surface area contributed by atoms with Crippen molar-refractivity contribution in [2.45, 2.75) is 0 Å². The topological polar surface area (TPSA) is 0 Å². The van der Waals surface area contributed by atoms with Crippen molar-refractivity contribution in [1.82, 2.24) is 0 Å². The smallest absolute Gasteiger partial charge is 2.00 e. The summed E-state index contributed by atoms with van der Waals surface area (Å²) in [4.78, 5) is 0. The van der Waals surface area contributed by atoms with Crippen LogP contribution in [0.15, 0.2) is 0 Å². The fourth-order valence-corrected chi connectivity index (χ4v) is 0. The molecule has 0 nitrogen and oxygen atoms in total. The Kier molecular flexibility index (Phi) is 608. The SMILES string of the molecule is [Ni+2].[S-2].[S-2].[S-2].[S-2].[W+6]. The van der Waals surface area contributed by atoms with Gasteiger partial charge in [0.1, 0.15) is 0 Å². The molecule has 0 spiro atoms. The number of hydrogen-bond acceptors (Lipinski definition) is 0. The van der Waals surface area contributed by atoms with E-state index in [4.69, 9.17) is 0 Å². The van der Waals surface area contributed by atoms with Crippen molar-refractivity contribution >= 4 is 54.0 Å². The van der Waals surface area contributed by atoms with Gasteiger partial charge in [0, 0.05) is 0 Å². The van der Waals surface area contributed by atoms with Gasteiger partial charge in [-0.1, -0.05) is 0 Å². The van der Waals surface area contributed by atoms with E-state index in [9.17, 15) is 0 Å². The monoisotopic (exact) mass is 370 g/mol. The first-order valence-electron chi connectivity index (χ1n) is 0. The van der Waals surface area contributed by atoms with E-state index >= 15 is 0 Å². The van der Waals surface area contributed by atoms with E-state index < -0.39 is 0 Å². The normalized spacial score (nSPS) is 0. The van der Waals surface area contributed by atoms with Crippen molar-refractivity contribution in [2.75, 3.05) is 0 Å². The molecule has 0 aliphatic carbocycles. The molecule has 0 atom stereocenters. The fraction of sp³-hybridized carbons (Fsp3) is 0. The molecule has 0 saturated heterocycles. The molecule has 0 N–H and O–H groups in total. The van der Waals surface area contributed by atoms with Crippen molar-refractivity contribution in [3.8, 4) is 0 Å². The first kappa shape index (κ1) is 74.0. The number of hydrogen-bond donors (Lipinski definition) is 0. The molecule has 0 radical (unpaired) electrons. The zero-order valence-corrected chi connectivity index (χ0v) is 9.54. The van der Waals surface area contributed by atoms with Crippen LogP contribution in [0.1, 0.15) is 0 Å². The molecule has 0 aromatic heterocycles. The maximum absolute atomic E-state index is 0. The molecule has 0 aliphatic rings. The summed E-state index contributed by atoms with van der Waals surface area (Å²) in [5.74, 6) is 0. The van der Waals surface area contributed by atoms with Gasteiger partial charge < -0.3 is 54.0 Å². The van der Waals surface area contributed by atoms with Crippen molar-refractivity contribution in [3.05, 3.63) is 0 Å². The van der Waals surface area contributed by atoms with E-state index in [1.54, 1.807) is 0 Å². The second-order valence-electron chi connectivity index (χ2n) is 0. The molecule has 6 heteroatoms. The van der Waals surface area contributed by atoms with Gasteiger partial charge in [0.2, 0.25) is 0 Å². The van der Waals surface area contributed by atoms with Crippen LogP contribution in [-0.2, 0) is 91.5 Å². The van der Waals surface area contributed by atoms with E-state index in [1.807, 2.05) is 0 Å². The van der Waals surface area contributed by atoms with E-state index in [0.29, 0.717) is 0 Å². The van der Waals surface area contributed by atoms with Crippen molar-refractivity contribution < 1.29 is 37.6 Å². The third-order valence-corrected chi connectivity index (χ3v) is 0. The van der Waals surface area contributed by atoms with Gasteiger partial charge in [-0.05, 0) is 0 Å². The van der Waals surface area contributed by atoms with Gasteiger partial charge in [-0.15, -0.1) is 0 Å². The molecule has 0 fully saturated rings. The maximum Gasteiger partial charge on any atom is 6.00 e.